The topological polar surface area (TPSA) is 84.7 Å². The van der Waals surface area contributed by atoms with Crippen LogP contribution in [-0.2, 0) is 10.0 Å². The van der Waals surface area contributed by atoms with E-state index < -0.39 is 21.4 Å². The molecule has 1 saturated heterocycles. The third-order valence-electron chi connectivity index (χ3n) is 6.33. The molecule has 0 amide bonds. The zero-order chi connectivity index (χ0) is 23.6. The number of hydrogen-bond acceptors (Lipinski definition) is 6. The highest BCUT2D eigenvalue weighted by Gasteiger charge is 2.31. The molecule has 1 aliphatic heterocycles. The lowest BCUT2D eigenvalue weighted by atomic mass is 10.1. The fourth-order valence-electron chi connectivity index (χ4n) is 4.58. The van der Waals surface area contributed by atoms with Gasteiger partial charge in [0.2, 0.25) is 15.8 Å². The third-order valence-corrected chi connectivity index (χ3v) is 8.41. The van der Waals surface area contributed by atoms with Crippen LogP contribution in [0, 0.1) is 11.7 Å². The minimum Gasteiger partial charge on any atom is -0.483 e. The Morgan fingerprint density at radius 1 is 1.18 bits per heavy atom. The molecule has 33 heavy (non-hydrogen) atoms. The summed E-state index contributed by atoms with van der Waals surface area (Å²) in [5.74, 6) is 0.393. The Kier molecular flexibility index (Phi) is 7.04. The van der Waals surface area contributed by atoms with Gasteiger partial charge in [-0.05, 0) is 49.8 Å². The van der Waals surface area contributed by atoms with Gasteiger partial charge in [0.05, 0.1) is 23.7 Å². The van der Waals surface area contributed by atoms with Gasteiger partial charge in [-0.1, -0.05) is 19.9 Å². The highest BCUT2D eigenvalue weighted by molar-refractivity contribution is 7.89. The van der Waals surface area contributed by atoms with Crippen LogP contribution in [0.2, 0.25) is 0 Å². The first kappa shape index (κ1) is 23.7. The molecule has 2 atom stereocenters. The van der Waals surface area contributed by atoms with Crippen molar-refractivity contribution >= 4 is 15.7 Å². The Bertz CT molecular complexity index is 1150. The van der Waals surface area contributed by atoms with Crippen LogP contribution in [0.15, 0.2) is 35.3 Å². The molecule has 0 spiro atoms. The molecule has 2 aliphatic rings. The summed E-state index contributed by atoms with van der Waals surface area (Å²) < 4.78 is 47.5. The average Bonchev–Trinajstić information content (AvgIpc) is 3.20. The van der Waals surface area contributed by atoms with Gasteiger partial charge in [0, 0.05) is 26.2 Å². The minimum absolute atomic E-state index is 0.0685. The lowest BCUT2D eigenvalue weighted by molar-refractivity contribution is 0.201. The van der Waals surface area contributed by atoms with E-state index >= 15 is 0 Å². The highest BCUT2D eigenvalue weighted by Crippen LogP contribution is 2.32. The fraction of sp³-hybridized carbons (Fsp3) is 0.565. The second-order valence-electron chi connectivity index (χ2n) is 8.92. The molecule has 2 heterocycles. The van der Waals surface area contributed by atoms with Gasteiger partial charge in [-0.15, -0.1) is 0 Å². The van der Waals surface area contributed by atoms with Gasteiger partial charge in [0.15, 0.2) is 0 Å². The van der Waals surface area contributed by atoms with Crippen LogP contribution in [0.5, 0.6) is 5.75 Å². The van der Waals surface area contributed by atoms with Gasteiger partial charge in [0.1, 0.15) is 11.5 Å². The van der Waals surface area contributed by atoms with Gasteiger partial charge >= 0.3 is 5.56 Å². The first-order chi connectivity index (χ1) is 15.8. The zero-order valence-electron chi connectivity index (χ0n) is 19.1. The summed E-state index contributed by atoms with van der Waals surface area (Å²) in [6.07, 6.45) is 4.84. The smallest absolute Gasteiger partial charge is 0.316 e. The Morgan fingerprint density at radius 2 is 1.94 bits per heavy atom. The lowest BCUT2D eigenvalue weighted by Gasteiger charge is -2.36. The maximum atomic E-state index is 13.8. The number of anilines is 1. The predicted octanol–water partition coefficient (Wildman–Crippen LogP) is 2.80. The van der Waals surface area contributed by atoms with Crippen molar-refractivity contribution in [1.29, 1.82) is 0 Å². The SMILES string of the molecule is CCCS(=O)(=O)N1CCN(c2cnn(-c3cccc(F)c3)c(=O)c2OC2CCC(C)C2)CC1. The normalized spacial score (nSPS) is 22.0. The van der Waals surface area contributed by atoms with Crippen LogP contribution in [0.4, 0.5) is 10.1 Å². The van der Waals surface area contributed by atoms with Crippen LogP contribution < -0.4 is 15.2 Å². The Balaban J connectivity index is 1.65. The number of hydrogen-bond donors (Lipinski definition) is 0. The van der Waals surface area contributed by atoms with Crippen LogP contribution in [-0.4, -0.2) is 60.5 Å². The van der Waals surface area contributed by atoms with Crippen LogP contribution >= 0.6 is 0 Å². The molecule has 0 radical (unpaired) electrons. The predicted molar refractivity (Wildman–Crippen MR) is 125 cm³/mol. The molecular weight excluding hydrogens is 447 g/mol. The minimum atomic E-state index is -3.27. The molecule has 180 valence electrons. The van der Waals surface area contributed by atoms with Crippen molar-refractivity contribution in [3.63, 3.8) is 0 Å². The first-order valence-electron chi connectivity index (χ1n) is 11.6. The molecule has 1 aromatic heterocycles. The van der Waals surface area contributed by atoms with E-state index in [1.54, 1.807) is 12.3 Å². The van der Waals surface area contributed by atoms with Crippen molar-refractivity contribution in [1.82, 2.24) is 14.1 Å². The second-order valence-corrected chi connectivity index (χ2v) is 11.0. The number of ether oxygens (including phenoxy) is 1. The van der Waals surface area contributed by atoms with E-state index in [9.17, 15) is 17.6 Å². The molecule has 1 aliphatic carbocycles. The van der Waals surface area contributed by atoms with Crippen LogP contribution in [0.25, 0.3) is 5.69 Å². The van der Waals surface area contributed by atoms with Crippen molar-refractivity contribution < 1.29 is 17.5 Å². The molecule has 0 bridgehead atoms. The maximum absolute atomic E-state index is 13.8. The van der Waals surface area contributed by atoms with E-state index in [4.69, 9.17) is 4.74 Å². The standard InChI is InChI=1S/C23H31FN4O4S/c1-3-13-33(30,31)27-11-9-26(10-12-27)21-16-25-28(19-6-4-5-18(24)15-19)23(29)22(21)32-20-8-7-17(2)14-20/h4-6,15-17,20H,3,7-14H2,1-2H3. The highest BCUT2D eigenvalue weighted by atomic mass is 32.2. The number of rotatable bonds is 7. The summed E-state index contributed by atoms with van der Waals surface area (Å²) in [6.45, 7) is 5.57. The molecule has 4 rings (SSSR count). The van der Waals surface area contributed by atoms with Crippen LogP contribution in [0.1, 0.15) is 39.5 Å². The summed E-state index contributed by atoms with van der Waals surface area (Å²) in [5.41, 5.74) is 0.435. The Morgan fingerprint density at radius 3 is 2.58 bits per heavy atom. The number of sulfonamides is 1. The number of piperazine rings is 1. The molecule has 2 aromatic rings. The summed E-state index contributed by atoms with van der Waals surface area (Å²) >= 11 is 0. The van der Waals surface area contributed by atoms with Crippen molar-refractivity contribution in [3.8, 4) is 11.4 Å². The Labute approximate surface area is 194 Å². The Hall–Kier alpha value is -2.46. The van der Waals surface area contributed by atoms with E-state index in [1.807, 2.05) is 11.8 Å². The maximum Gasteiger partial charge on any atom is 0.316 e. The molecule has 1 aromatic carbocycles. The van der Waals surface area contributed by atoms with Crippen molar-refractivity contribution in [2.24, 2.45) is 5.92 Å². The van der Waals surface area contributed by atoms with Crippen LogP contribution in [0.3, 0.4) is 0 Å². The van der Waals surface area contributed by atoms with E-state index in [1.165, 1.54) is 22.5 Å². The molecule has 2 fully saturated rings. The summed E-state index contributed by atoms with van der Waals surface area (Å²) in [4.78, 5) is 15.4. The monoisotopic (exact) mass is 478 g/mol. The summed E-state index contributed by atoms with van der Waals surface area (Å²) in [5, 5.41) is 4.30. The van der Waals surface area contributed by atoms with E-state index in [-0.39, 0.29) is 17.6 Å². The molecule has 8 nitrogen and oxygen atoms in total. The van der Waals surface area contributed by atoms with Gasteiger partial charge < -0.3 is 9.64 Å². The largest absolute Gasteiger partial charge is 0.483 e. The molecule has 2 unspecified atom stereocenters. The number of halogens is 1. The summed E-state index contributed by atoms with van der Waals surface area (Å²) in [6, 6.07) is 5.72. The lowest BCUT2D eigenvalue weighted by Crippen LogP contribution is -2.49. The third kappa shape index (κ3) is 5.22. The second kappa shape index (κ2) is 9.80. The van der Waals surface area contributed by atoms with Crippen molar-refractivity contribution in [3.05, 3.63) is 46.6 Å². The van der Waals surface area contributed by atoms with E-state index in [0.29, 0.717) is 49.9 Å². The summed E-state index contributed by atoms with van der Waals surface area (Å²) in [7, 11) is -3.27. The van der Waals surface area contributed by atoms with Gasteiger partial charge in [-0.3, -0.25) is 4.79 Å². The van der Waals surface area contributed by atoms with E-state index in [0.717, 1.165) is 23.9 Å². The van der Waals surface area contributed by atoms with E-state index in [2.05, 4.69) is 12.0 Å². The average molecular weight is 479 g/mol. The van der Waals surface area contributed by atoms with Crippen molar-refractivity contribution in [2.75, 3.05) is 36.8 Å². The molecule has 1 saturated carbocycles. The number of aromatic nitrogens is 2. The number of nitrogens with zero attached hydrogens (tertiary/aromatic N) is 4. The molecule has 10 heteroatoms. The van der Waals surface area contributed by atoms with Crippen molar-refractivity contribution in [2.45, 2.75) is 45.6 Å². The van der Waals surface area contributed by atoms with Gasteiger partial charge in [-0.2, -0.15) is 14.1 Å². The fourth-order valence-corrected chi connectivity index (χ4v) is 6.07. The first-order valence-corrected chi connectivity index (χ1v) is 13.2. The molecule has 0 N–H and O–H groups in total. The number of benzene rings is 1. The molecular formula is C23H31FN4O4S. The quantitative estimate of drug-likeness (QED) is 0.609. The van der Waals surface area contributed by atoms with Gasteiger partial charge in [0.25, 0.3) is 0 Å². The van der Waals surface area contributed by atoms with Gasteiger partial charge in [-0.25, -0.2) is 12.8 Å². The zero-order valence-corrected chi connectivity index (χ0v) is 19.9.